The molecule has 0 radical (unpaired) electrons. The van der Waals surface area contributed by atoms with Gasteiger partial charge in [0.25, 0.3) is 0 Å². The molecule has 0 saturated carbocycles. The molecule has 0 fully saturated rings. The van der Waals surface area contributed by atoms with E-state index >= 15 is 0 Å². The third kappa shape index (κ3) is 5.27. The molecule has 0 aromatic heterocycles. The van der Waals surface area contributed by atoms with Crippen molar-refractivity contribution in [1.29, 1.82) is 0 Å². The fourth-order valence-corrected chi connectivity index (χ4v) is 4.07. The van der Waals surface area contributed by atoms with Gasteiger partial charge in [-0.2, -0.15) is 0 Å². The molecule has 172 valence electrons. The number of benzene rings is 4. The first-order valence-electron chi connectivity index (χ1n) is 11.2. The van der Waals surface area contributed by atoms with Crippen LogP contribution in [0, 0.1) is 0 Å². The van der Waals surface area contributed by atoms with Crippen molar-refractivity contribution in [2.24, 2.45) is 0 Å². The van der Waals surface area contributed by atoms with Crippen molar-refractivity contribution >= 4 is 17.2 Å². The van der Waals surface area contributed by atoms with Crippen molar-refractivity contribution in [2.75, 3.05) is 7.11 Å². The van der Waals surface area contributed by atoms with Gasteiger partial charge in [-0.3, -0.25) is 0 Å². The number of hydrogen-bond acceptors (Lipinski definition) is 3. The summed E-state index contributed by atoms with van der Waals surface area (Å²) >= 11 is 6.15. The molecule has 4 aromatic rings. The fraction of sp³-hybridized carbons (Fsp3) is 0.133. The van der Waals surface area contributed by atoms with Crippen LogP contribution in [0.5, 0.6) is 17.2 Å². The van der Waals surface area contributed by atoms with Gasteiger partial charge in [0.05, 0.1) is 7.11 Å². The van der Waals surface area contributed by atoms with Crippen LogP contribution in [0.15, 0.2) is 97.1 Å². The number of hydrogen-bond donors (Lipinski definition) is 1. The lowest BCUT2D eigenvalue weighted by Crippen LogP contribution is -2.02. The number of methoxy groups -OCH3 is 1. The zero-order chi connectivity index (χ0) is 23.9. The van der Waals surface area contributed by atoms with Crippen molar-refractivity contribution in [1.82, 2.24) is 0 Å². The Morgan fingerprint density at radius 2 is 1.59 bits per heavy atom. The van der Waals surface area contributed by atoms with E-state index in [2.05, 4.69) is 13.0 Å². The largest absolute Gasteiger partial charge is 0.507 e. The molecule has 0 bridgehead atoms. The topological polar surface area (TPSA) is 38.7 Å². The van der Waals surface area contributed by atoms with E-state index in [9.17, 15) is 5.11 Å². The molecule has 0 aliphatic heterocycles. The number of rotatable bonds is 8. The maximum absolute atomic E-state index is 11.0. The van der Waals surface area contributed by atoms with Gasteiger partial charge in [0.1, 0.15) is 23.9 Å². The Morgan fingerprint density at radius 1 is 0.882 bits per heavy atom. The summed E-state index contributed by atoms with van der Waals surface area (Å²) < 4.78 is 11.7. The van der Waals surface area contributed by atoms with Gasteiger partial charge in [-0.25, -0.2) is 0 Å². The fourth-order valence-electron chi connectivity index (χ4n) is 3.94. The zero-order valence-corrected chi connectivity index (χ0v) is 20.0. The van der Waals surface area contributed by atoms with E-state index in [4.69, 9.17) is 21.1 Å². The number of allylic oxidation sites excluding steroid dienone is 1. The number of phenols is 1. The van der Waals surface area contributed by atoms with Gasteiger partial charge < -0.3 is 14.6 Å². The Bertz CT molecular complexity index is 1260. The standard InChI is InChI=1S/C30H27ClO3/c1-3-7-26(22-12-16-25(33-2)17-13-22)30-28(34-20-21-8-5-4-6-9-21)19-18-27(32)29(30)23-10-14-24(31)15-11-23/h4-19,32H,3,20H2,1-2H3. The van der Waals surface area contributed by atoms with Gasteiger partial charge in [-0.05, 0) is 65.1 Å². The molecule has 4 heteroatoms. The van der Waals surface area contributed by atoms with Crippen LogP contribution in [0.3, 0.4) is 0 Å². The lowest BCUT2D eigenvalue weighted by atomic mass is 9.88. The average Bonchev–Trinajstić information content (AvgIpc) is 2.88. The van der Waals surface area contributed by atoms with Gasteiger partial charge in [0.15, 0.2) is 0 Å². The van der Waals surface area contributed by atoms with Crippen LogP contribution >= 0.6 is 11.6 Å². The Balaban J connectivity index is 1.90. The minimum atomic E-state index is 0.180. The van der Waals surface area contributed by atoms with Crippen molar-refractivity contribution in [3.05, 3.63) is 119 Å². The Morgan fingerprint density at radius 3 is 2.24 bits per heavy atom. The average molecular weight is 471 g/mol. The van der Waals surface area contributed by atoms with Crippen LogP contribution in [0.4, 0.5) is 0 Å². The molecule has 0 atom stereocenters. The summed E-state index contributed by atoms with van der Waals surface area (Å²) in [7, 11) is 1.65. The monoisotopic (exact) mass is 470 g/mol. The number of aromatic hydroxyl groups is 1. The highest BCUT2D eigenvalue weighted by Crippen LogP contribution is 2.44. The predicted octanol–water partition coefficient (Wildman–Crippen LogP) is 8.14. The van der Waals surface area contributed by atoms with Crippen LogP contribution < -0.4 is 9.47 Å². The summed E-state index contributed by atoms with van der Waals surface area (Å²) in [6.45, 7) is 2.51. The van der Waals surface area contributed by atoms with E-state index in [0.29, 0.717) is 22.9 Å². The first kappa shape index (κ1) is 23.5. The molecule has 0 spiro atoms. The molecule has 0 unspecified atom stereocenters. The Kier molecular flexibility index (Phi) is 7.56. The summed E-state index contributed by atoms with van der Waals surface area (Å²) in [5.74, 6) is 1.66. The van der Waals surface area contributed by atoms with Crippen LogP contribution in [0.1, 0.15) is 30.0 Å². The van der Waals surface area contributed by atoms with E-state index in [-0.39, 0.29) is 5.75 Å². The second-order valence-corrected chi connectivity index (χ2v) is 8.30. The number of halogens is 1. The minimum Gasteiger partial charge on any atom is -0.507 e. The van der Waals surface area contributed by atoms with Crippen molar-refractivity contribution in [2.45, 2.75) is 20.0 Å². The second-order valence-electron chi connectivity index (χ2n) is 7.87. The Hall–Kier alpha value is -3.69. The third-order valence-corrected chi connectivity index (χ3v) is 5.85. The lowest BCUT2D eigenvalue weighted by molar-refractivity contribution is 0.305. The molecular formula is C30H27ClO3. The molecule has 0 aliphatic rings. The third-order valence-electron chi connectivity index (χ3n) is 5.59. The van der Waals surface area contributed by atoms with Gasteiger partial charge in [-0.15, -0.1) is 0 Å². The van der Waals surface area contributed by atoms with Crippen molar-refractivity contribution in [3.63, 3.8) is 0 Å². The normalized spacial score (nSPS) is 11.3. The quantitative estimate of drug-likeness (QED) is 0.282. The molecular weight excluding hydrogens is 444 g/mol. The smallest absolute Gasteiger partial charge is 0.128 e. The summed E-state index contributed by atoms with van der Waals surface area (Å²) in [5.41, 5.74) is 5.46. The van der Waals surface area contributed by atoms with Crippen LogP contribution in [-0.2, 0) is 6.61 Å². The highest BCUT2D eigenvalue weighted by atomic mass is 35.5. The first-order valence-corrected chi connectivity index (χ1v) is 11.6. The van der Waals surface area contributed by atoms with E-state index < -0.39 is 0 Å². The lowest BCUT2D eigenvalue weighted by Gasteiger charge is -2.20. The van der Waals surface area contributed by atoms with Gasteiger partial charge in [-0.1, -0.05) is 79.2 Å². The van der Waals surface area contributed by atoms with E-state index in [0.717, 1.165) is 40.0 Å². The maximum Gasteiger partial charge on any atom is 0.128 e. The molecule has 0 saturated heterocycles. The molecule has 4 rings (SSSR count). The highest BCUT2D eigenvalue weighted by Gasteiger charge is 2.21. The Labute approximate surface area is 205 Å². The maximum atomic E-state index is 11.0. The molecule has 3 nitrogen and oxygen atoms in total. The highest BCUT2D eigenvalue weighted by molar-refractivity contribution is 6.30. The molecule has 0 amide bonds. The van der Waals surface area contributed by atoms with Gasteiger partial charge >= 0.3 is 0 Å². The van der Waals surface area contributed by atoms with E-state index in [1.807, 2.05) is 84.9 Å². The van der Waals surface area contributed by atoms with E-state index in [1.54, 1.807) is 13.2 Å². The van der Waals surface area contributed by atoms with Crippen molar-refractivity contribution in [3.8, 4) is 28.4 Å². The van der Waals surface area contributed by atoms with Gasteiger partial charge in [0, 0.05) is 16.1 Å². The zero-order valence-electron chi connectivity index (χ0n) is 19.3. The van der Waals surface area contributed by atoms with Gasteiger partial charge in [0.2, 0.25) is 0 Å². The van der Waals surface area contributed by atoms with Crippen LogP contribution in [0.2, 0.25) is 5.02 Å². The SMILES string of the molecule is CCC=C(c1ccc(OC)cc1)c1c(OCc2ccccc2)ccc(O)c1-c1ccc(Cl)cc1. The van der Waals surface area contributed by atoms with Crippen LogP contribution in [0.25, 0.3) is 16.7 Å². The summed E-state index contributed by atoms with van der Waals surface area (Å²) in [6.07, 6.45) is 2.97. The molecule has 0 heterocycles. The summed E-state index contributed by atoms with van der Waals surface area (Å²) in [4.78, 5) is 0. The molecule has 34 heavy (non-hydrogen) atoms. The minimum absolute atomic E-state index is 0.180. The molecule has 1 N–H and O–H groups in total. The predicted molar refractivity (Wildman–Crippen MR) is 140 cm³/mol. The second kappa shape index (κ2) is 11.0. The van der Waals surface area contributed by atoms with Crippen molar-refractivity contribution < 1.29 is 14.6 Å². The van der Waals surface area contributed by atoms with E-state index in [1.165, 1.54) is 0 Å². The number of phenolic OH excluding ortho intramolecular Hbond substituents is 1. The number of ether oxygens (including phenoxy) is 2. The van der Waals surface area contributed by atoms with Crippen LogP contribution in [-0.4, -0.2) is 12.2 Å². The molecule has 0 aliphatic carbocycles. The summed E-state index contributed by atoms with van der Waals surface area (Å²) in [6, 6.07) is 29.0. The molecule has 4 aromatic carbocycles. The first-order chi connectivity index (χ1) is 16.6. The summed E-state index contributed by atoms with van der Waals surface area (Å²) in [5, 5.41) is 11.7.